The normalized spacial score (nSPS) is 20.3. The third kappa shape index (κ3) is 3.76. The molecular weight excluding hydrogens is 398 g/mol. The Balaban J connectivity index is 2.10. The number of piperazine rings is 1. The molecule has 2 aromatic carbocycles. The molecule has 0 radical (unpaired) electrons. The van der Waals surface area contributed by atoms with E-state index < -0.39 is 10.5 Å². The Labute approximate surface area is 180 Å². The molecule has 1 atom stereocenters. The zero-order valence-electron chi connectivity index (χ0n) is 18.0. The number of benzene rings is 2. The van der Waals surface area contributed by atoms with Crippen LogP contribution in [0.25, 0.3) is 6.08 Å². The van der Waals surface area contributed by atoms with Gasteiger partial charge in [0.15, 0.2) is 0 Å². The Morgan fingerprint density at radius 3 is 2.35 bits per heavy atom. The summed E-state index contributed by atoms with van der Waals surface area (Å²) < 4.78 is 5.27. The Morgan fingerprint density at radius 1 is 1.10 bits per heavy atom. The monoisotopic (exact) mass is 423 g/mol. The predicted molar refractivity (Wildman–Crippen MR) is 116 cm³/mol. The van der Waals surface area contributed by atoms with Gasteiger partial charge in [-0.25, -0.2) is 0 Å². The number of rotatable bonds is 6. The Morgan fingerprint density at radius 2 is 1.77 bits per heavy atom. The number of carbonyl (C=O) groups excluding carboxylic acids is 2. The van der Waals surface area contributed by atoms with Crippen LogP contribution in [0, 0.1) is 10.1 Å². The van der Waals surface area contributed by atoms with Gasteiger partial charge in [0.2, 0.25) is 0 Å². The number of nitro benzene ring substituents is 1. The van der Waals surface area contributed by atoms with Crippen molar-refractivity contribution < 1.29 is 19.2 Å². The molecule has 0 aromatic heterocycles. The van der Waals surface area contributed by atoms with Crippen molar-refractivity contribution in [2.75, 3.05) is 21.2 Å². The number of amides is 2. The zero-order chi connectivity index (χ0) is 22.8. The van der Waals surface area contributed by atoms with Crippen LogP contribution in [0.4, 0.5) is 5.69 Å². The second kappa shape index (κ2) is 8.59. The summed E-state index contributed by atoms with van der Waals surface area (Å²) in [5.41, 5.74) is -0.119. The summed E-state index contributed by atoms with van der Waals surface area (Å²) in [6.07, 6.45) is 2.16. The SMILES string of the molecule is CCC1(Cc2ccccc2)C(=O)N(C)/C(=C/c2c(OC)cccc2[N+](=O)[O-])C(=O)N1C. The van der Waals surface area contributed by atoms with Crippen LogP contribution in [0.2, 0.25) is 0 Å². The van der Waals surface area contributed by atoms with E-state index in [1.807, 2.05) is 37.3 Å². The van der Waals surface area contributed by atoms with Crippen molar-refractivity contribution >= 4 is 23.6 Å². The van der Waals surface area contributed by atoms with Gasteiger partial charge in [-0.15, -0.1) is 0 Å². The van der Waals surface area contributed by atoms with Crippen molar-refractivity contribution in [1.82, 2.24) is 9.80 Å². The molecule has 1 saturated heterocycles. The smallest absolute Gasteiger partial charge is 0.280 e. The maximum Gasteiger partial charge on any atom is 0.280 e. The van der Waals surface area contributed by atoms with Crippen LogP contribution in [-0.4, -0.2) is 53.3 Å². The molecule has 1 aliphatic heterocycles. The molecule has 8 nitrogen and oxygen atoms in total. The largest absolute Gasteiger partial charge is 0.496 e. The number of nitrogens with zero attached hydrogens (tertiary/aromatic N) is 3. The third-order valence-corrected chi connectivity index (χ3v) is 5.89. The van der Waals surface area contributed by atoms with E-state index in [0.717, 1.165) is 5.56 Å². The minimum Gasteiger partial charge on any atom is -0.496 e. The molecule has 0 saturated carbocycles. The summed E-state index contributed by atoms with van der Waals surface area (Å²) in [6, 6.07) is 13.9. The molecule has 1 aliphatic rings. The fraction of sp³-hybridized carbons (Fsp3) is 0.304. The van der Waals surface area contributed by atoms with Gasteiger partial charge in [-0.1, -0.05) is 43.3 Å². The second-order valence-electron chi connectivity index (χ2n) is 7.46. The third-order valence-electron chi connectivity index (χ3n) is 5.89. The molecule has 1 unspecified atom stereocenters. The molecular formula is C23H25N3O5. The highest BCUT2D eigenvalue weighted by Crippen LogP contribution is 2.36. The Hall–Kier alpha value is -3.68. The maximum absolute atomic E-state index is 13.5. The van der Waals surface area contributed by atoms with Crippen LogP contribution in [0.3, 0.4) is 0 Å². The van der Waals surface area contributed by atoms with Gasteiger partial charge in [0.25, 0.3) is 17.5 Å². The van der Waals surface area contributed by atoms with Crippen molar-refractivity contribution in [3.8, 4) is 5.75 Å². The molecule has 8 heteroatoms. The summed E-state index contributed by atoms with van der Waals surface area (Å²) in [7, 11) is 4.52. The molecule has 2 amide bonds. The van der Waals surface area contributed by atoms with Gasteiger partial charge in [0.05, 0.1) is 17.6 Å². The first kappa shape index (κ1) is 22.0. The summed E-state index contributed by atoms with van der Waals surface area (Å²) in [6.45, 7) is 1.87. The second-order valence-corrected chi connectivity index (χ2v) is 7.46. The van der Waals surface area contributed by atoms with Gasteiger partial charge in [0, 0.05) is 26.6 Å². The topological polar surface area (TPSA) is 93.0 Å². The summed E-state index contributed by atoms with van der Waals surface area (Å²) >= 11 is 0. The Bertz CT molecular complexity index is 1050. The van der Waals surface area contributed by atoms with Crippen molar-refractivity contribution in [2.45, 2.75) is 25.3 Å². The number of nitro groups is 1. The lowest BCUT2D eigenvalue weighted by Gasteiger charge is -2.47. The number of hydrogen-bond donors (Lipinski definition) is 0. The quantitative estimate of drug-likeness (QED) is 0.404. The fourth-order valence-electron chi connectivity index (χ4n) is 4.03. The standard InChI is InChI=1S/C23H25N3O5/c1-5-23(15-16-10-7-6-8-11-16)22(28)24(2)19(21(27)25(23)3)14-17-18(26(29)30)12-9-13-20(17)31-4/h6-14H,5,15H2,1-4H3/b19-14+. The van der Waals surface area contributed by atoms with Gasteiger partial charge in [-0.05, 0) is 24.1 Å². The average molecular weight is 423 g/mol. The highest BCUT2D eigenvalue weighted by molar-refractivity contribution is 6.09. The van der Waals surface area contributed by atoms with Gasteiger partial charge in [-0.2, -0.15) is 0 Å². The van der Waals surface area contributed by atoms with E-state index in [1.54, 1.807) is 13.1 Å². The maximum atomic E-state index is 13.5. The van der Waals surface area contributed by atoms with E-state index in [1.165, 1.54) is 42.2 Å². The molecule has 0 bridgehead atoms. The molecule has 0 spiro atoms. The number of ether oxygens (including phenoxy) is 1. The van der Waals surface area contributed by atoms with E-state index in [4.69, 9.17) is 4.74 Å². The lowest BCUT2D eigenvalue weighted by molar-refractivity contribution is -0.385. The molecule has 31 heavy (non-hydrogen) atoms. The van der Waals surface area contributed by atoms with Gasteiger partial charge in [0.1, 0.15) is 17.0 Å². The zero-order valence-corrected chi connectivity index (χ0v) is 18.0. The van der Waals surface area contributed by atoms with Gasteiger partial charge >= 0.3 is 0 Å². The van der Waals surface area contributed by atoms with E-state index >= 15 is 0 Å². The first-order chi connectivity index (χ1) is 14.8. The number of hydrogen-bond acceptors (Lipinski definition) is 5. The molecule has 2 aromatic rings. The summed E-state index contributed by atoms with van der Waals surface area (Å²) in [5, 5.41) is 11.5. The van der Waals surface area contributed by atoms with Crippen LogP contribution in [0.1, 0.15) is 24.5 Å². The Kier molecular flexibility index (Phi) is 6.10. The fourth-order valence-corrected chi connectivity index (χ4v) is 4.03. The molecule has 162 valence electrons. The van der Waals surface area contributed by atoms with Gasteiger partial charge < -0.3 is 14.5 Å². The van der Waals surface area contributed by atoms with Crippen molar-refractivity contribution in [3.05, 3.63) is 75.5 Å². The van der Waals surface area contributed by atoms with E-state index in [9.17, 15) is 19.7 Å². The highest BCUT2D eigenvalue weighted by atomic mass is 16.6. The summed E-state index contributed by atoms with van der Waals surface area (Å²) in [4.78, 5) is 40.7. The molecule has 0 N–H and O–H groups in total. The lowest BCUT2D eigenvalue weighted by atomic mass is 9.82. The number of methoxy groups -OCH3 is 1. The average Bonchev–Trinajstić information content (AvgIpc) is 2.78. The van der Waals surface area contributed by atoms with E-state index in [-0.39, 0.29) is 34.5 Å². The first-order valence-corrected chi connectivity index (χ1v) is 9.90. The minimum absolute atomic E-state index is 0.0530. The van der Waals surface area contributed by atoms with Crippen LogP contribution in [0.5, 0.6) is 5.75 Å². The molecule has 1 heterocycles. The van der Waals surface area contributed by atoms with E-state index in [2.05, 4.69) is 0 Å². The van der Waals surface area contributed by atoms with Crippen LogP contribution in [0.15, 0.2) is 54.2 Å². The van der Waals surface area contributed by atoms with Gasteiger partial charge in [-0.3, -0.25) is 19.7 Å². The highest BCUT2D eigenvalue weighted by Gasteiger charge is 2.50. The minimum atomic E-state index is -1.04. The van der Waals surface area contributed by atoms with Crippen LogP contribution < -0.4 is 4.74 Å². The first-order valence-electron chi connectivity index (χ1n) is 9.90. The van der Waals surface area contributed by atoms with E-state index in [0.29, 0.717) is 12.8 Å². The van der Waals surface area contributed by atoms with Crippen molar-refractivity contribution in [2.24, 2.45) is 0 Å². The number of carbonyl (C=O) groups is 2. The van der Waals surface area contributed by atoms with Crippen LogP contribution in [-0.2, 0) is 16.0 Å². The van der Waals surface area contributed by atoms with Crippen LogP contribution >= 0.6 is 0 Å². The van der Waals surface area contributed by atoms with Crippen molar-refractivity contribution in [1.29, 1.82) is 0 Å². The number of likely N-dealkylation sites (N-methyl/N-ethyl adjacent to an activating group) is 2. The molecule has 1 fully saturated rings. The molecule has 0 aliphatic carbocycles. The lowest BCUT2D eigenvalue weighted by Crippen LogP contribution is -2.65. The summed E-state index contributed by atoms with van der Waals surface area (Å²) in [5.74, 6) is -0.389. The molecule has 3 rings (SSSR count). The van der Waals surface area contributed by atoms with Crippen molar-refractivity contribution in [3.63, 3.8) is 0 Å². The predicted octanol–water partition coefficient (Wildman–Crippen LogP) is 3.27.